The van der Waals surface area contributed by atoms with Crippen LogP contribution in [-0.4, -0.2) is 10.2 Å². The highest BCUT2D eigenvalue weighted by Gasteiger charge is 2.02. The molecular formula is C8H4ClIN2. The highest BCUT2D eigenvalue weighted by atomic mass is 127. The number of hydrogen-bond donors (Lipinski definition) is 0. The summed E-state index contributed by atoms with van der Waals surface area (Å²) in [6.07, 6.45) is 1.64. The first-order valence-electron chi connectivity index (χ1n) is 3.34. The molecule has 1 aromatic carbocycles. The second kappa shape index (κ2) is 3.14. The Hall–Kier alpha value is -0.420. The van der Waals surface area contributed by atoms with Gasteiger partial charge in [-0.3, -0.25) is 0 Å². The number of fused-ring (bicyclic) bond motifs is 1. The van der Waals surface area contributed by atoms with Gasteiger partial charge in [0.1, 0.15) is 5.52 Å². The zero-order valence-electron chi connectivity index (χ0n) is 5.96. The van der Waals surface area contributed by atoms with Gasteiger partial charge in [-0.25, -0.2) is 0 Å². The number of benzene rings is 1. The van der Waals surface area contributed by atoms with Crippen molar-refractivity contribution in [3.05, 3.63) is 33.0 Å². The van der Waals surface area contributed by atoms with Gasteiger partial charge in [0.05, 0.1) is 11.2 Å². The number of nitrogens with zero attached hydrogens (tertiary/aromatic N) is 2. The smallest absolute Gasteiger partial charge is 0.108 e. The predicted molar refractivity (Wildman–Crippen MR) is 57.3 cm³/mol. The molecule has 0 atom stereocenters. The van der Waals surface area contributed by atoms with Crippen LogP contribution < -0.4 is 0 Å². The molecule has 60 valence electrons. The summed E-state index contributed by atoms with van der Waals surface area (Å²) in [7, 11) is 0. The molecule has 0 aliphatic carbocycles. The van der Waals surface area contributed by atoms with Crippen molar-refractivity contribution >= 4 is 45.1 Å². The van der Waals surface area contributed by atoms with Crippen molar-refractivity contribution in [1.82, 2.24) is 10.2 Å². The Morgan fingerprint density at radius 2 is 2.08 bits per heavy atom. The van der Waals surface area contributed by atoms with E-state index in [4.69, 9.17) is 11.6 Å². The van der Waals surface area contributed by atoms with Crippen LogP contribution in [0.5, 0.6) is 0 Å². The van der Waals surface area contributed by atoms with Crippen LogP contribution in [0.1, 0.15) is 0 Å². The summed E-state index contributed by atoms with van der Waals surface area (Å²) in [6.45, 7) is 0. The van der Waals surface area contributed by atoms with Crippen LogP contribution in [0.4, 0.5) is 0 Å². The van der Waals surface area contributed by atoms with Gasteiger partial charge in [0.25, 0.3) is 0 Å². The van der Waals surface area contributed by atoms with Gasteiger partial charge in [-0.2, -0.15) is 5.10 Å². The summed E-state index contributed by atoms with van der Waals surface area (Å²) < 4.78 is 1.07. The number of hydrogen-bond acceptors (Lipinski definition) is 2. The lowest BCUT2D eigenvalue weighted by atomic mass is 10.2. The Kier molecular flexibility index (Phi) is 2.14. The van der Waals surface area contributed by atoms with Crippen molar-refractivity contribution < 1.29 is 0 Å². The van der Waals surface area contributed by atoms with Crippen molar-refractivity contribution in [2.45, 2.75) is 0 Å². The van der Waals surface area contributed by atoms with Crippen LogP contribution in [0.15, 0.2) is 24.4 Å². The van der Waals surface area contributed by atoms with Crippen molar-refractivity contribution in [3.63, 3.8) is 0 Å². The molecule has 0 spiro atoms. The van der Waals surface area contributed by atoms with Crippen molar-refractivity contribution in [2.24, 2.45) is 0 Å². The maximum Gasteiger partial charge on any atom is 0.108 e. The molecule has 2 rings (SSSR count). The zero-order chi connectivity index (χ0) is 8.55. The highest BCUT2D eigenvalue weighted by Crippen LogP contribution is 2.24. The highest BCUT2D eigenvalue weighted by molar-refractivity contribution is 14.1. The largest absolute Gasteiger partial charge is 0.158 e. The van der Waals surface area contributed by atoms with Crippen molar-refractivity contribution in [1.29, 1.82) is 0 Å². The van der Waals surface area contributed by atoms with E-state index in [1.807, 2.05) is 18.2 Å². The minimum Gasteiger partial charge on any atom is -0.158 e. The molecular weight excluding hydrogens is 286 g/mol. The Balaban J connectivity index is 2.95. The van der Waals surface area contributed by atoms with E-state index in [1.54, 1.807) is 6.20 Å². The van der Waals surface area contributed by atoms with Gasteiger partial charge in [0.15, 0.2) is 0 Å². The normalized spacial score (nSPS) is 10.5. The Labute approximate surface area is 88.1 Å². The first-order valence-corrected chi connectivity index (χ1v) is 4.80. The second-order valence-corrected chi connectivity index (χ2v) is 3.89. The summed E-state index contributed by atoms with van der Waals surface area (Å²) in [6, 6.07) is 5.67. The first-order chi connectivity index (χ1) is 5.79. The molecule has 0 radical (unpaired) electrons. The molecule has 12 heavy (non-hydrogen) atoms. The lowest BCUT2D eigenvalue weighted by Crippen LogP contribution is -1.85. The van der Waals surface area contributed by atoms with E-state index in [1.165, 1.54) is 0 Å². The fraction of sp³-hybridized carbons (Fsp3) is 0. The molecule has 0 bridgehead atoms. The SMILES string of the molecule is Clc1ccc(I)c2nnccc12. The van der Waals surface area contributed by atoms with Gasteiger partial charge in [0, 0.05) is 8.96 Å². The molecule has 0 saturated heterocycles. The first kappa shape index (κ1) is 8.19. The maximum atomic E-state index is 5.96. The Morgan fingerprint density at radius 1 is 1.25 bits per heavy atom. The van der Waals surface area contributed by atoms with Crippen LogP contribution in [0.25, 0.3) is 10.9 Å². The molecule has 4 heteroatoms. The van der Waals surface area contributed by atoms with Crippen LogP contribution in [0.3, 0.4) is 0 Å². The van der Waals surface area contributed by atoms with Crippen LogP contribution >= 0.6 is 34.2 Å². The van der Waals surface area contributed by atoms with E-state index in [9.17, 15) is 0 Å². The summed E-state index contributed by atoms with van der Waals surface area (Å²) in [5.41, 5.74) is 0.866. The molecule has 0 unspecified atom stereocenters. The standard InChI is InChI=1S/C8H4ClIN2/c9-6-1-2-7(10)8-5(6)3-4-11-12-8/h1-4H. The van der Waals surface area contributed by atoms with Crippen LogP contribution in [0.2, 0.25) is 5.02 Å². The summed E-state index contributed by atoms with van der Waals surface area (Å²) >= 11 is 8.17. The minimum absolute atomic E-state index is 0.723. The van der Waals surface area contributed by atoms with E-state index in [-0.39, 0.29) is 0 Å². The van der Waals surface area contributed by atoms with Gasteiger partial charge in [-0.1, -0.05) is 11.6 Å². The van der Waals surface area contributed by atoms with Crippen LogP contribution in [-0.2, 0) is 0 Å². The lowest BCUT2D eigenvalue weighted by molar-refractivity contribution is 1.07. The van der Waals surface area contributed by atoms with Gasteiger partial charge < -0.3 is 0 Å². The zero-order valence-corrected chi connectivity index (χ0v) is 8.87. The van der Waals surface area contributed by atoms with Gasteiger partial charge in [0.2, 0.25) is 0 Å². The third kappa shape index (κ3) is 1.27. The number of aromatic nitrogens is 2. The average molecular weight is 290 g/mol. The van der Waals surface area contributed by atoms with E-state index < -0.39 is 0 Å². The van der Waals surface area contributed by atoms with Crippen LogP contribution in [0, 0.1) is 3.57 Å². The molecule has 0 fully saturated rings. The summed E-state index contributed by atoms with van der Waals surface area (Å²) in [5, 5.41) is 9.48. The van der Waals surface area contributed by atoms with Crippen molar-refractivity contribution in [3.8, 4) is 0 Å². The molecule has 1 aromatic heterocycles. The maximum absolute atomic E-state index is 5.96. The Bertz CT molecular complexity index is 390. The molecule has 0 saturated carbocycles. The van der Waals surface area contributed by atoms with Crippen molar-refractivity contribution in [2.75, 3.05) is 0 Å². The fourth-order valence-corrected chi connectivity index (χ4v) is 1.81. The number of rotatable bonds is 0. The van der Waals surface area contributed by atoms with E-state index >= 15 is 0 Å². The molecule has 0 aliphatic rings. The third-order valence-corrected chi connectivity index (χ3v) is 2.78. The molecule has 2 aromatic rings. The second-order valence-electron chi connectivity index (χ2n) is 2.32. The quantitative estimate of drug-likeness (QED) is 0.697. The lowest BCUT2D eigenvalue weighted by Gasteiger charge is -1.99. The van der Waals surface area contributed by atoms with E-state index in [0.29, 0.717) is 0 Å². The summed E-state index contributed by atoms with van der Waals surface area (Å²) in [4.78, 5) is 0. The van der Waals surface area contributed by atoms with E-state index in [2.05, 4.69) is 32.8 Å². The molecule has 0 N–H and O–H groups in total. The molecule has 1 heterocycles. The fourth-order valence-electron chi connectivity index (χ4n) is 1.02. The summed E-state index contributed by atoms with van der Waals surface area (Å²) in [5.74, 6) is 0. The minimum atomic E-state index is 0.723. The molecule has 0 aliphatic heterocycles. The molecule has 0 amide bonds. The van der Waals surface area contributed by atoms with Gasteiger partial charge in [-0.05, 0) is 40.8 Å². The third-order valence-electron chi connectivity index (χ3n) is 1.58. The Morgan fingerprint density at radius 3 is 2.83 bits per heavy atom. The van der Waals surface area contributed by atoms with E-state index in [0.717, 1.165) is 19.5 Å². The number of halogens is 2. The van der Waals surface area contributed by atoms with Gasteiger partial charge in [-0.15, -0.1) is 5.10 Å². The predicted octanol–water partition coefficient (Wildman–Crippen LogP) is 2.89. The average Bonchev–Trinajstić information content (AvgIpc) is 2.12. The monoisotopic (exact) mass is 290 g/mol. The van der Waals surface area contributed by atoms with Gasteiger partial charge >= 0.3 is 0 Å². The molecule has 2 nitrogen and oxygen atoms in total. The topological polar surface area (TPSA) is 25.8 Å².